The standard InChI is InChI=1S/C18H25ClN4O2/c1-6-12(7-2)22-18-17(20)23-16(10(3)21-18)15-13(24-4)8-11(19)9-14(15)25-5/h8-9,12H,6-7H2,1-5H3,(H2,20,23)(H,21,22). The van der Waals surface area contributed by atoms with Gasteiger partial charge in [-0.25, -0.2) is 9.97 Å². The van der Waals surface area contributed by atoms with Crippen LogP contribution in [0.15, 0.2) is 12.1 Å². The average molecular weight is 365 g/mol. The molecule has 0 amide bonds. The molecule has 25 heavy (non-hydrogen) atoms. The summed E-state index contributed by atoms with van der Waals surface area (Å²) in [7, 11) is 3.15. The predicted octanol–water partition coefficient (Wildman–Crippen LogP) is 4.31. The summed E-state index contributed by atoms with van der Waals surface area (Å²) < 4.78 is 10.9. The Hall–Kier alpha value is -2.21. The molecule has 2 aromatic rings. The van der Waals surface area contributed by atoms with E-state index in [1.54, 1.807) is 26.4 Å². The van der Waals surface area contributed by atoms with Crippen LogP contribution in [0.4, 0.5) is 11.6 Å². The molecule has 0 aliphatic carbocycles. The number of hydrogen-bond donors (Lipinski definition) is 2. The Morgan fingerprint density at radius 2 is 1.68 bits per heavy atom. The van der Waals surface area contributed by atoms with Gasteiger partial charge in [-0.05, 0) is 31.9 Å². The van der Waals surface area contributed by atoms with E-state index >= 15 is 0 Å². The minimum Gasteiger partial charge on any atom is -0.496 e. The molecule has 0 unspecified atom stereocenters. The van der Waals surface area contributed by atoms with Crippen molar-refractivity contribution in [2.45, 2.75) is 39.7 Å². The Kier molecular flexibility index (Phi) is 6.31. The van der Waals surface area contributed by atoms with Gasteiger partial charge in [-0.2, -0.15) is 0 Å². The van der Waals surface area contributed by atoms with E-state index in [4.69, 9.17) is 26.8 Å². The third kappa shape index (κ3) is 4.07. The second kappa shape index (κ2) is 8.25. The average Bonchev–Trinajstić information content (AvgIpc) is 2.61. The predicted molar refractivity (Wildman–Crippen MR) is 103 cm³/mol. The van der Waals surface area contributed by atoms with E-state index < -0.39 is 0 Å². The second-order valence-corrected chi connectivity index (χ2v) is 6.17. The summed E-state index contributed by atoms with van der Waals surface area (Å²) in [6, 6.07) is 3.74. The Bertz CT molecular complexity index is 723. The van der Waals surface area contributed by atoms with Crippen molar-refractivity contribution < 1.29 is 9.47 Å². The minimum atomic E-state index is 0.307. The molecule has 1 heterocycles. The number of hydrogen-bond acceptors (Lipinski definition) is 6. The van der Waals surface area contributed by atoms with Gasteiger partial charge in [-0.15, -0.1) is 0 Å². The molecule has 2 rings (SSSR count). The Morgan fingerprint density at radius 1 is 1.12 bits per heavy atom. The second-order valence-electron chi connectivity index (χ2n) is 5.73. The maximum atomic E-state index is 6.15. The molecule has 1 aromatic heterocycles. The fourth-order valence-electron chi connectivity index (χ4n) is 2.67. The number of rotatable bonds is 7. The molecule has 0 fully saturated rings. The van der Waals surface area contributed by atoms with Gasteiger partial charge in [0.05, 0.1) is 25.5 Å². The van der Waals surface area contributed by atoms with Gasteiger partial charge in [0, 0.05) is 11.1 Å². The van der Waals surface area contributed by atoms with E-state index in [2.05, 4.69) is 29.1 Å². The molecule has 0 saturated carbocycles. The molecule has 0 aliphatic rings. The van der Waals surface area contributed by atoms with E-state index in [1.165, 1.54) is 0 Å². The quantitative estimate of drug-likeness (QED) is 0.761. The maximum Gasteiger partial charge on any atom is 0.169 e. The molecule has 0 atom stereocenters. The molecule has 7 heteroatoms. The zero-order valence-electron chi connectivity index (χ0n) is 15.3. The number of aryl methyl sites for hydroxylation is 1. The van der Waals surface area contributed by atoms with Gasteiger partial charge in [0.2, 0.25) is 0 Å². The van der Waals surface area contributed by atoms with Gasteiger partial charge in [-0.3, -0.25) is 0 Å². The van der Waals surface area contributed by atoms with Crippen LogP contribution in [0.1, 0.15) is 32.4 Å². The van der Waals surface area contributed by atoms with Crippen molar-refractivity contribution in [2.24, 2.45) is 0 Å². The number of halogens is 1. The first-order valence-corrected chi connectivity index (χ1v) is 8.65. The lowest BCUT2D eigenvalue weighted by Gasteiger charge is -2.19. The number of aromatic nitrogens is 2. The van der Waals surface area contributed by atoms with Crippen LogP contribution < -0.4 is 20.5 Å². The number of nitrogens with one attached hydrogen (secondary N) is 1. The first-order valence-electron chi connectivity index (χ1n) is 8.27. The number of nitrogens with two attached hydrogens (primary N) is 1. The summed E-state index contributed by atoms with van der Waals surface area (Å²) in [5.41, 5.74) is 8.17. The molecule has 0 radical (unpaired) electrons. The largest absolute Gasteiger partial charge is 0.496 e. The number of benzene rings is 1. The van der Waals surface area contributed by atoms with Crippen molar-refractivity contribution in [3.8, 4) is 22.8 Å². The summed E-state index contributed by atoms with van der Waals surface area (Å²) in [6.07, 6.45) is 1.97. The highest BCUT2D eigenvalue weighted by Crippen LogP contribution is 2.41. The molecular weight excluding hydrogens is 340 g/mol. The number of ether oxygens (including phenoxy) is 2. The molecule has 0 saturated heterocycles. The molecule has 136 valence electrons. The van der Waals surface area contributed by atoms with Crippen LogP contribution in [-0.2, 0) is 0 Å². The fourth-order valence-corrected chi connectivity index (χ4v) is 2.87. The SMILES string of the molecule is CCC(CC)Nc1nc(C)c(-c2c(OC)cc(Cl)cc2OC)nc1N. The van der Waals surface area contributed by atoms with Crippen molar-refractivity contribution in [1.29, 1.82) is 0 Å². The monoisotopic (exact) mass is 364 g/mol. The summed E-state index contributed by atoms with van der Waals surface area (Å²) in [5.74, 6) is 2.05. The molecule has 0 aliphatic heterocycles. The van der Waals surface area contributed by atoms with E-state index in [0.717, 1.165) is 18.5 Å². The van der Waals surface area contributed by atoms with Crippen LogP contribution in [0.5, 0.6) is 11.5 Å². The summed E-state index contributed by atoms with van der Waals surface area (Å²) in [5, 5.41) is 3.87. The lowest BCUT2D eigenvalue weighted by atomic mass is 10.1. The van der Waals surface area contributed by atoms with Crippen molar-refractivity contribution in [3.63, 3.8) is 0 Å². The van der Waals surface area contributed by atoms with E-state index in [0.29, 0.717) is 45.5 Å². The molecule has 1 aromatic carbocycles. The van der Waals surface area contributed by atoms with Crippen molar-refractivity contribution >= 4 is 23.2 Å². The van der Waals surface area contributed by atoms with Gasteiger partial charge < -0.3 is 20.5 Å². The first-order chi connectivity index (χ1) is 11.9. The van der Waals surface area contributed by atoms with E-state index in [1.807, 2.05) is 6.92 Å². The lowest BCUT2D eigenvalue weighted by Crippen LogP contribution is -2.20. The highest BCUT2D eigenvalue weighted by atomic mass is 35.5. The van der Waals surface area contributed by atoms with Gasteiger partial charge in [0.15, 0.2) is 11.6 Å². The maximum absolute atomic E-state index is 6.15. The van der Waals surface area contributed by atoms with Crippen molar-refractivity contribution in [3.05, 3.63) is 22.8 Å². The zero-order chi connectivity index (χ0) is 18.6. The highest BCUT2D eigenvalue weighted by molar-refractivity contribution is 6.31. The third-order valence-corrected chi connectivity index (χ3v) is 4.35. The summed E-state index contributed by atoms with van der Waals surface area (Å²) in [4.78, 5) is 9.18. The van der Waals surface area contributed by atoms with Gasteiger partial charge in [-0.1, -0.05) is 25.4 Å². The number of nitrogens with zero attached hydrogens (tertiary/aromatic N) is 2. The van der Waals surface area contributed by atoms with Crippen LogP contribution in [-0.4, -0.2) is 30.2 Å². The number of nitrogen functional groups attached to an aromatic ring is 1. The minimum absolute atomic E-state index is 0.307. The number of anilines is 2. The summed E-state index contributed by atoms with van der Waals surface area (Å²) in [6.45, 7) is 6.12. The molecule has 6 nitrogen and oxygen atoms in total. The van der Waals surface area contributed by atoms with Crippen LogP contribution in [0.25, 0.3) is 11.3 Å². The van der Waals surface area contributed by atoms with Gasteiger partial charge >= 0.3 is 0 Å². The van der Waals surface area contributed by atoms with Crippen LogP contribution in [0.3, 0.4) is 0 Å². The van der Waals surface area contributed by atoms with Crippen molar-refractivity contribution in [1.82, 2.24) is 9.97 Å². The number of methoxy groups -OCH3 is 2. The van der Waals surface area contributed by atoms with Crippen molar-refractivity contribution in [2.75, 3.05) is 25.3 Å². The zero-order valence-corrected chi connectivity index (χ0v) is 16.1. The Labute approximate surface area is 153 Å². The van der Waals surface area contributed by atoms with Crippen LogP contribution in [0.2, 0.25) is 5.02 Å². The molecule has 0 bridgehead atoms. The molecule has 3 N–H and O–H groups in total. The fraction of sp³-hybridized carbons (Fsp3) is 0.444. The smallest absolute Gasteiger partial charge is 0.169 e. The van der Waals surface area contributed by atoms with Gasteiger partial charge in [0.1, 0.15) is 17.2 Å². The van der Waals surface area contributed by atoms with Gasteiger partial charge in [0.25, 0.3) is 0 Å². The highest BCUT2D eigenvalue weighted by Gasteiger charge is 2.20. The van der Waals surface area contributed by atoms with E-state index in [-0.39, 0.29) is 0 Å². The third-order valence-electron chi connectivity index (χ3n) is 4.13. The lowest BCUT2D eigenvalue weighted by molar-refractivity contribution is 0.397. The summed E-state index contributed by atoms with van der Waals surface area (Å²) >= 11 is 6.12. The van der Waals surface area contributed by atoms with Crippen LogP contribution in [0, 0.1) is 6.92 Å². The Balaban J connectivity index is 2.56. The Morgan fingerprint density at radius 3 is 2.16 bits per heavy atom. The normalized spacial score (nSPS) is 10.8. The van der Waals surface area contributed by atoms with E-state index in [9.17, 15) is 0 Å². The topological polar surface area (TPSA) is 82.3 Å². The molecule has 0 spiro atoms. The van der Waals surface area contributed by atoms with Crippen LogP contribution >= 0.6 is 11.6 Å². The first kappa shape index (κ1) is 19.1. The molecular formula is C18H25ClN4O2.